The first-order valence-electron chi connectivity index (χ1n) is 8.74. The molecule has 0 aromatic rings. The fourth-order valence-corrected chi connectivity index (χ4v) is 2.86. The fourth-order valence-electron chi connectivity index (χ4n) is 2.86. The second-order valence-corrected chi connectivity index (χ2v) is 7.58. The first-order valence-corrected chi connectivity index (χ1v) is 8.74. The predicted octanol–water partition coefficient (Wildman–Crippen LogP) is 4.27. The minimum absolute atomic E-state index is 0.0198. The summed E-state index contributed by atoms with van der Waals surface area (Å²) in [5, 5.41) is 0. The quantitative estimate of drug-likeness (QED) is 0.305. The smallest absolute Gasteiger partial charge is 0.338 e. The van der Waals surface area contributed by atoms with Crippen LogP contribution in [0.4, 0.5) is 0 Å². The van der Waals surface area contributed by atoms with Gasteiger partial charge >= 0.3 is 5.97 Å². The first kappa shape index (κ1) is 20.2. The number of carbonyl (C=O) groups is 1. The van der Waals surface area contributed by atoms with Crippen LogP contribution in [0.25, 0.3) is 0 Å². The molecule has 134 valence electrons. The van der Waals surface area contributed by atoms with Crippen LogP contribution in [0, 0.1) is 5.92 Å². The van der Waals surface area contributed by atoms with Gasteiger partial charge in [0.25, 0.3) is 0 Å². The Bertz CT molecular complexity index is 391. The van der Waals surface area contributed by atoms with Crippen LogP contribution in [-0.4, -0.2) is 37.0 Å². The number of esters is 1. The van der Waals surface area contributed by atoms with E-state index in [1.54, 1.807) is 13.2 Å². The molecule has 3 unspecified atom stereocenters. The number of hydrogen-bond acceptors (Lipinski definition) is 4. The van der Waals surface area contributed by atoms with Gasteiger partial charge in [-0.25, -0.2) is 4.79 Å². The lowest BCUT2D eigenvalue weighted by molar-refractivity contribution is -0.143. The standard InChI is InChI=1S/C19H34O4/c1-7-14-22-17(20)16-19(5,23-16)13-9-11-15(2)10-8-12-18(3,4)21-6/h7,15-16H,1,8-14H2,2-6H3. The van der Waals surface area contributed by atoms with Gasteiger partial charge in [-0.3, -0.25) is 0 Å². The third-order valence-electron chi connectivity index (χ3n) is 4.84. The molecule has 1 fully saturated rings. The van der Waals surface area contributed by atoms with Gasteiger partial charge in [0.1, 0.15) is 12.2 Å². The van der Waals surface area contributed by atoms with Crippen LogP contribution < -0.4 is 0 Å². The molecule has 0 radical (unpaired) electrons. The summed E-state index contributed by atoms with van der Waals surface area (Å²) >= 11 is 0. The molecule has 0 saturated carbocycles. The van der Waals surface area contributed by atoms with Crippen molar-refractivity contribution >= 4 is 5.97 Å². The summed E-state index contributed by atoms with van der Waals surface area (Å²) in [6, 6.07) is 0. The highest BCUT2D eigenvalue weighted by Gasteiger charge is 2.57. The van der Waals surface area contributed by atoms with Crippen molar-refractivity contribution in [1.82, 2.24) is 0 Å². The van der Waals surface area contributed by atoms with Gasteiger partial charge in [-0.15, -0.1) is 0 Å². The molecule has 0 amide bonds. The molecule has 1 heterocycles. The Hall–Kier alpha value is -0.870. The molecular formula is C19H34O4. The molecule has 4 nitrogen and oxygen atoms in total. The molecule has 4 heteroatoms. The highest BCUT2D eigenvalue weighted by Crippen LogP contribution is 2.41. The van der Waals surface area contributed by atoms with Gasteiger partial charge in [0, 0.05) is 7.11 Å². The van der Waals surface area contributed by atoms with Crippen LogP contribution >= 0.6 is 0 Å². The van der Waals surface area contributed by atoms with E-state index < -0.39 is 0 Å². The Morgan fingerprint density at radius 1 is 1.39 bits per heavy atom. The highest BCUT2D eigenvalue weighted by molar-refractivity contribution is 5.79. The summed E-state index contributed by atoms with van der Waals surface area (Å²) in [4.78, 5) is 11.7. The summed E-state index contributed by atoms with van der Waals surface area (Å²) in [5.41, 5.74) is -0.343. The van der Waals surface area contributed by atoms with E-state index in [0.717, 1.165) is 19.3 Å². The van der Waals surface area contributed by atoms with Crippen molar-refractivity contribution in [2.45, 2.75) is 83.5 Å². The van der Waals surface area contributed by atoms with Crippen molar-refractivity contribution in [1.29, 1.82) is 0 Å². The van der Waals surface area contributed by atoms with Crippen LogP contribution in [0.5, 0.6) is 0 Å². The van der Waals surface area contributed by atoms with Crippen LogP contribution in [0.2, 0.25) is 0 Å². The van der Waals surface area contributed by atoms with Crippen molar-refractivity contribution in [2.75, 3.05) is 13.7 Å². The summed E-state index contributed by atoms with van der Waals surface area (Å²) in [7, 11) is 1.77. The number of methoxy groups -OCH3 is 1. The average Bonchev–Trinajstić information content (AvgIpc) is 3.16. The summed E-state index contributed by atoms with van der Waals surface area (Å²) in [6.45, 7) is 12.4. The minimum Gasteiger partial charge on any atom is -0.459 e. The van der Waals surface area contributed by atoms with Gasteiger partial charge in [0.05, 0.1) is 5.60 Å². The van der Waals surface area contributed by atoms with E-state index in [9.17, 15) is 4.79 Å². The molecule has 0 N–H and O–H groups in total. The summed E-state index contributed by atoms with van der Waals surface area (Å²) < 4.78 is 16.0. The molecule has 0 aromatic carbocycles. The van der Waals surface area contributed by atoms with Crippen molar-refractivity contribution < 1.29 is 19.0 Å². The summed E-state index contributed by atoms with van der Waals surface area (Å²) in [6.07, 6.45) is 7.84. The van der Waals surface area contributed by atoms with Gasteiger partial charge in [-0.05, 0) is 39.5 Å². The highest BCUT2D eigenvalue weighted by atomic mass is 16.7. The van der Waals surface area contributed by atoms with Crippen molar-refractivity contribution in [3.63, 3.8) is 0 Å². The Morgan fingerprint density at radius 2 is 2.04 bits per heavy atom. The van der Waals surface area contributed by atoms with Crippen molar-refractivity contribution in [2.24, 2.45) is 5.92 Å². The molecule has 1 aliphatic rings. The normalized spacial score (nSPS) is 25.0. The lowest BCUT2D eigenvalue weighted by Crippen LogP contribution is -2.22. The molecule has 3 atom stereocenters. The SMILES string of the molecule is C=CCOC(=O)C1OC1(C)CCCC(C)CCCC(C)(C)OC. The topological polar surface area (TPSA) is 48.1 Å². The lowest BCUT2D eigenvalue weighted by atomic mass is 9.91. The fraction of sp³-hybridized carbons (Fsp3) is 0.842. The van der Waals surface area contributed by atoms with Gasteiger partial charge < -0.3 is 14.2 Å². The van der Waals surface area contributed by atoms with Crippen molar-refractivity contribution in [3.8, 4) is 0 Å². The van der Waals surface area contributed by atoms with Gasteiger partial charge in [-0.2, -0.15) is 0 Å². The van der Waals surface area contributed by atoms with Crippen LogP contribution in [0.3, 0.4) is 0 Å². The molecule has 0 aromatic heterocycles. The van der Waals surface area contributed by atoms with E-state index in [2.05, 4.69) is 27.4 Å². The maximum atomic E-state index is 11.7. The number of rotatable bonds is 12. The van der Waals surface area contributed by atoms with Crippen LogP contribution in [0.15, 0.2) is 12.7 Å². The average molecular weight is 326 g/mol. The third kappa shape index (κ3) is 7.05. The number of hydrogen-bond donors (Lipinski definition) is 0. The Morgan fingerprint density at radius 3 is 2.65 bits per heavy atom. The van der Waals surface area contributed by atoms with E-state index in [-0.39, 0.29) is 29.9 Å². The van der Waals surface area contributed by atoms with Crippen LogP contribution in [-0.2, 0) is 19.0 Å². The predicted molar refractivity (Wildman–Crippen MR) is 92.4 cm³/mol. The Labute approximate surface area is 141 Å². The monoisotopic (exact) mass is 326 g/mol. The van der Waals surface area contributed by atoms with E-state index in [0.29, 0.717) is 5.92 Å². The maximum absolute atomic E-state index is 11.7. The van der Waals surface area contributed by atoms with Gasteiger partial charge in [0.15, 0.2) is 6.10 Å². The van der Waals surface area contributed by atoms with E-state index in [4.69, 9.17) is 14.2 Å². The molecule has 1 rings (SSSR count). The number of carbonyl (C=O) groups excluding carboxylic acids is 1. The molecule has 0 spiro atoms. The van der Waals surface area contributed by atoms with E-state index >= 15 is 0 Å². The van der Waals surface area contributed by atoms with Crippen molar-refractivity contribution in [3.05, 3.63) is 12.7 Å². The largest absolute Gasteiger partial charge is 0.459 e. The Kier molecular flexibility index (Phi) is 7.75. The molecule has 23 heavy (non-hydrogen) atoms. The van der Waals surface area contributed by atoms with E-state index in [1.807, 2.05) is 6.92 Å². The molecular weight excluding hydrogens is 292 g/mol. The number of ether oxygens (including phenoxy) is 3. The zero-order chi connectivity index (χ0) is 17.5. The summed E-state index contributed by atoms with van der Waals surface area (Å²) in [5.74, 6) is 0.429. The molecule has 1 saturated heterocycles. The lowest BCUT2D eigenvalue weighted by Gasteiger charge is -2.23. The minimum atomic E-state index is -0.389. The Balaban J connectivity index is 2.14. The zero-order valence-electron chi connectivity index (χ0n) is 15.5. The van der Waals surface area contributed by atoms with Crippen LogP contribution in [0.1, 0.15) is 66.2 Å². The van der Waals surface area contributed by atoms with Gasteiger partial charge in [-0.1, -0.05) is 45.3 Å². The van der Waals surface area contributed by atoms with E-state index in [1.165, 1.54) is 19.3 Å². The second-order valence-electron chi connectivity index (χ2n) is 7.58. The molecule has 0 bridgehead atoms. The third-order valence-corrected chi connectivity index (χ3v) is 4.84. The maximum Gasteiger partial charge on any atom is 0.338 e. The molecule has 0 aliphatic carbocycles. The second kappa shape index (κ2) is 8.84. The van der Waals surface area contributed by atoms with Gasteiger partial charge in [0.2, 0.25) is 0 Å². The first-order chi connectivity index (χ1) is 10.7. The number of epoxide rings is 1. The zero-order valence-corrected chi connectivity index (χ0v) is 15.5. The molecule has 1 aliphatic heterocycles.